The van der Waals surface area contributed by atoms with E-state index in [9.17, 15) is 0 Å². The molecule has 0 unspecified atom stereocenters. The average molecular weight is 331 g/mol. The van der Waals surface area contributed by atoms with Gasteiger partial charge in [-0.2, -0.15) is 11.8 Å². The summed E-state index contributed by atoms with van der Waals surface area (Å²) in [6.45, 7) is 16.3. The molecule has 0 radical (unpaired) electrons. The molecule has 1 aliphatic heterocycles. The first-order valence-electron chi connectivity index (χ1n) is 8.70. The van der Waals surface area contributed by atoms with Crippen molar-refractivity contribution in [2.24, 2.45) is 0 Å². The lowest BCUT2D eigenvalue weighted by molar-refractivity contribution is 0.402. The minimum atomic E-state index is 0.709. The average Bonchev–Trinajstić information content (AvgIpc) is 2.54. The molecule has 1 rings (SSSR count). The molecule has 22 heavy (non-hydrogen) atoms. The summed E-state index contributed by atoms with van der Waals surface area (Å²) in [4.78, 5) is 4.26. The molecule has 0 aromatic rings. The Morgan fingerprint density at radius 2 is 1.55 bits per heavy atom. The molecular formula is C17H38N4S. The van der Waals surface area contributed by atoms with Crippen LogP contribution in [0.4, 0.5) is 0 Å². The lowest BCUT2D eigenvalue weighted by Crippen LogP contribution is -2.35. The third-order valence-electron chi connectivity index (χ3n) is 3.23. The van der Waals surface area contributed by atoms with Crippen molar-refractivity contribution in [3.05, 3.63) is 0 Å². The number of rotatable bonds is 5. The number of nitrogens with zero attached hydrogens (tertiary/aromatic N) is 2. The molecule has 0 aromatic heterocycles. The zero-order valence-corrected chi connectivity index (χ0v) is 16.5. The summed E-state index contributed by atoms with van der Waals surface area (Å²) in [6, 6.07) is 0. The van der Waals surface area contributed by atoms with Crippen LogP contribution in [0.3, 0.4) is 0 Å². The molecule has 0 aliphatic carbocycles. The van der Waals surface area contributed by atoms with Crippen LogP contribution in [0.5, 0.6) is 0 Å². The normalized spacial score (nSPS) is 13.3. The lowest BCUT2D eigenvalue weighted by atomic mass is 10.3. The van der Waals surface area contributed by atoms with Crippen LogP contribution in [0.2, 0.25) is 0 Å². The lowest BCUT2D eigenvalue weighted by Gasteiger charge is -2.26. The second-order valence-corrected chi connectivity index (χ2v) is 6.34. The maximum absolute atomic E-state index is 7.46. The molecule has 1 heterocycles. The Morgan fingerprint density at radius 1 is 1.00 bits per heavy atom. The molecule has 2 N–H and O–H groups in total. The zero-order chi connectivity index (χ0) is 17.4. The van der Waals surface area contributed by atoms with Crippen molar-refractivity contribution in [3.8, 4) is 0 Å². The van der Waals surface area contributed by atoms with Crippen molar-refractivity contribution in [1.29, 1.82) is 10.8 Å². The first-order valence-corrected chi connectivity index (χ1v) is 9.86. The molecule has 0 aromatic carbocycles. The molecule has 5 heteroatoms. The van der Waals surface area contributed by atoms with Gasteiger partial charge in [0.1, 0.15) is 0 Å². The first kappa shape index (κ1) is 23.6. The Morgan fingerprint density at radius 3 is 1.86 bits per heavy atom. The maximum atomic E-state index is 7.46. The topological polar surface area (TPSA) is 54.2 Å². The molecule has 4 nitrogen and oxygen atoms in total. The molecule has 1 aliphatic rings. The molecule has 0 saturated carbocycles. The highest BCUT2D eigenvalue weighted by molar-refractivity contribution is 7.99. The van der Waals surface area contributed by atoms with E-state index < -0.39 is 0 Å². The molecule has 0 atom stereocenters. The van der Waals surface area contributed by atoms with Crippen molar-refractivity contribution in [2.75, 3.05) is 37.7 Å². The quantitative estimate of drug-likeness (QED) is 0.574. The number of amidine groups is 2. The Kier molecular flexibility index (Phi) is 17.8. The summed E-state index contributed by atoms with van der Waals surface area (Å²) in [5.41, 5.74) is 0. The van der Waals surface area contributed by atoms with Crippen LogP contribution in [-0.2, 0) is 0 Å². The second-order valence-electron chi connectivity index (χ2n) is 5.11. The number of unbranched alkanes of at least 4 members (excludes halogenated alkanes) is 1. The van der Waals surface area contributed by atoms with Crippen LogP contribution in [-0.4, -0.2) is 59.2 Å². The summed E-state index contributed by atoms with van der Waals surface area (Å²) in [5, 5.41) is 14.8. The van der Waals surface area contributed by atoms with E-state index in [0.717, 1.165) is 38.4 Å². The van der Waals surface area contributed by atoms with Gasteiger partial charge >= 0.3 is 0 Å². The van der Waals surface area contributed by atoms with Crippen LogP contribution >= 0.6 is 11.8 Å². The van der Waals surface area contributed by atoms with E-state index in [-0.39, 0.29) is 0 Å². The fraction of sp³-hybridized carbons (Fsp3) is 0.882. The van der Waals surface area contributed by atoms with Gasteiger partial charge in [0, 0.05) is 37.7 Å². The van der Waals surface area contributed by atoms with E-state index in [1.165, 1.54) is 24.3 Å². The number of hydrogen-bond donors (Lipinski definition) is 2. The Hall–Kier alpha value is -0.710. The number of thioether (sulfide) groups is 1. The minimum Gasteiger partial charge on any atom is -0.361 e. The predicted octanol–water partition coefficient (Wildman–Crippen LogP) is 4.55. The molecule has 132 valence electrons. The van der Waals surface area contributed by atoms with E-state index in [0.29, 0.717) is 5.84 Å². The van der Waals surface area contributed by atoms with Gasteiger partial charge in [-0.05, 0) is 26.7 Å². The Bertz CT molecular complexity index is 276. The fourth-order valence-corrected chi connectivity index (χ4v) is 2.87. The molecule has 0 amide bonds. The summed E-state index contributed by atoms with van der Waals surface area (Å²) >= 11 is 1.98. The van der Waals surface area contributed by atoms with Gasteiger partial charge in [0.25, 0.3) is 0 Å². The van der Waals surface area contributed by atoms with E-state index in [4.69, 9.17) is 10.8 Å². The summed E-state index contributed by atoms with van der Waals surface area (Å²) in [5.74, 6) is 3.81. The largest absolute Gasteiger partial charge is 0.361 e. The molecule has 1 fully saturated rings. The monoisotopic (exact) mass is 330 g/mol. The van der Waals surface area contributed by atoms with Crippen molar-refractivity contribution in [1.82, 2.24) is 9.80 Å². The highest BCUT2D eigenvalue weighted by atomic mass is 32.2. The van der Waals surface area contributed by atoms with E-state index in [1.807, 2.05) is 39.5 Å². The summed E-state index contributed by atoms with van der Waals surface area (Å²) < 4.78 is 0. The third-order valence-corrected chi connectivity index (χ3v) is 4.18. The van der Waals surface area contributed by atoms with Gasteiger partial charge < -0.3 is 9.80 Å². The first-order chi connectivity index (χ1) is 10.5. The number of hydrogen-bond acceptors (Lipinski definition) is 3. The van der Waals surface area contributed by atoms with Gasteiger partial charge in [0.15, 0.2) is 0 Å². The highest BCUT2D eigenvalue weighted by Crippen LogP contribution is 2.08. The maximum Gasteiger partial charge on any atom is 0.0926 e. The molecule has 1 saturated heterocycles. The fourth-order valence-electron chi connectivity index (χ4n) is 1.96. The van der Waals surface area contributed by atoms with Gasteiger partial charge in [0.2, 0.25) is 0 Å². The van der Waals surface area contributed by atoms with Crippen molar-refractivity contribution in [3.63, 3.8) is 0 Å². The van der Waals surface area contributed by atoms with Gasteiger partial charge in [0.05, 0.1) is 11.7 Å². The third kappa shape index (κ3) is 13.0. The van der Waals surface area contributed by atoms with E-state index >= 15 is 0 Å². The van der Waals surface area contributed by atoms with Crippen LogP contribution in [0.25, 0.3) is 0 Å². The van der Waals surface area contributed by atoms with Crippen LogP contribution < -0.4 is 0 Å². The van der Waals surface area contributed by atoms with E-state index in [2.05, 4.69) is 23.6 Å². The zero-order valence-electron chi connectivity index (χ0n) is 15.7. The van der Waals surface area contributed by atoms with Crippen LogP contribution in [0, 0.1) is 10.8 Å². The Balaban J connectivity index is 0. The van der Waals surface area contributed by atoms with Crippen molar-refractivity contribution >= 4 is 23.4 Å². The van der Waals surface area contributed by atoms with Crippen LogP contribution in [0.15, 0.2) is 0 Å². The van der Waals surface area contributed by atoms with Gasteiger partial charge in [-0.25, -0.2) is 0 Å². The van der Waals surface area contributed by atoms with Crippen molar-refractivity contribution < 1.29 is 0 Å². The highest BCUT2D eigenvalue weighted by Gasteiger charge is 2.09. The second kappa shape index (κ2) is 16.7. The minimum absolute atomic E-state index is 0.709. The smallest absolute Gasteiger partial charge is 0.0926 e. The number of nitrogens with one attached hydrogen (secondary N) is 2. The summed E-state index contributed by atoms with van der Waals surface area (Å²) in [6.07, 6.45) is 3.56. The Labute approximate surface area is 143 Å². The predicted molar refractivity (Wildman–Crippen MR) is 104 cm³/mol. The standard InChI is InChI=1S/C9H20N2.C6H12N2S.C2H6/c1-4-6-8-11(7-5-2)9(3)10;1-6(7)8-2-4-9-5-3-8;1-2/h10H,4-8H2,1-3H3;7H,2-5H2,1H3;1-2H3. The van der Waals surface area contributed by atoms with Gasteiger partial charge in [-0.1, -0.05) is 34.1 Å². The van der Waals surface area contributed by atoms with Gasteiger partial charge in [-0.3, -0.25) is 10.8 Å². The van der Waals surface area contributed by atoms with Gasteiger partial charge in [-0.15, -0.1) is 0 Å². The molecule has 0 bridgehead atoms. The van der Waals surface area contributed by atoms with E-state index in [1.54, 1.807) is 0 Å². The molecule has 0 spiro atoms. The van der Waals surface area contributed by atoms with Crippen molar-refractivity contribution in [2.45, 2.75) is 60.8 Å². The SMILES string of the molecule is CC.CC(=N)N1CCSCC1.CCCCN(CCC)C(C)=N. The summed E-state index contributed by atoms with van der Waals surface area (Å²) in [7, 11) is 0. The van der Waals surface area contributed by atoms with Crippen LogP contribution in [0.1, 0.15) is 60.8 Å². The molecular weight excluding hydrogens is 292 g/mol.